The Bertz CT molecular complexity index is 1140. The quantitative estimate of drug-likeness (QED) is 0.502. The Morgan fingerprint density at radius 2 is 1.74 bits per heavy atom. The van der Waals surface area contributed by atoms with Gasteiger partial charge < -0.3 is 15.4 Å². The van der Waals surface area contributed by atoms with Crippen molar-refractivity contribution in [1.29, 1.82) is 5.26 Å². The molecular formula is C24H30N4O5S. The number of rotatable bonds is 11. The number of hydrogen-bond acceptors (Lipinski definition) is 6. The summed E-state index contributed by atoms with van der Waals surface area (Å²) in [7, 11) is -3.72. The maximum atomic E-state index is 12.9. The van der Waals surface area contributed by atoms with Crippen LogP contribution in [0.2, 0.25) is 0 Å². The number of hydrogen-bond donors (Lipinski definition) is 2. The van der Waals surface area contributed by atoms with Gasteiger partial charge in [-0.1, -0.05) is 33.8 Å². The minimum Gasteiger partial charge on any atom is -0.479 e. The van der Waals surface area contributed by atoms with Crippen LogP contribution in [-0.4, -0.2) is 50.3 Å². The highest BCUT2D eigenvalue weighted by molar-refractivity contribution is 7.89. The summed E-state index contributed by atoms with van der Waals surface area (Å²) in [5.41, 5.74) is 0.646. The molecular weight excluding hydrogens is 456 g/mol. The highest BCUT2D eigenvalue weighted by Crippen LogP contribution is 2.19. The van der Waals surface area contributed by atoms with Gasteiger partial charge in [-0.2, -0.15) is 9.57 Å². The summed E-state index contributed by atoms with van der Waals surface area (Å²) in [5, 5.41) is 14.0. The Balaban J connectivity index is 2.16. The van der Waals surface area contributed by atoms with Crippen LogP contribution in [0.5, 0.6) is 5.75 Å². The second-order valence-electron chi connectivity index (χ2n) is 7.77. The fraction of sp³-hybridized carbons (Fsp3) is 0.375. The van der Waals surface area contributed by atoms with Gasteiger partial charge in [0.25, 0.3) is 5.91 Å². The van der Waals surface area contributed by atoms with Crippen molar-refractivity contribution in [3.8, 4) is 11.8 Å². The van der Waals surface area contributed by atoms with Gasteiger partial charge in [-0.3, -0.25) is 9.59 Å². The number of ether oxygens (including phenoxy) is 1. The Kier molecular flexibility index (Phi) is 9.59. The minimum atomic E-state index is -3.72. The number of anilines is 1. The fourth-order valence-electron chi connectivity index (χ4n) is 3.24. The number of carbonyl (C=O) groups excluding carboxylic acids is 2. The third-order valence-corrected chi connectivity index (χ3v) is 7.15. The standard InChI is InChI=1S/C24H30N4O5S/c1-5-28(6-2)34(31,32)21-9-7-8-18(16-21)23(29)27-22(17(3)4)24(30)26-19-10-12-20(13-11-19)33-15-14-25/h7-13,16-17,22H,5-6,15H2,1-4H3,(H,26,30)(H,27,29). The van der Waals surface area contributed by atoms with E-state index in [0.29, 0.717) is 24.5 Å². The smallest absolute Gasteiger partial charge is 0.251 e. The molecule has 0 heterocycles. The van der Waals surface area contributed by atoms with Gasteiger partial charge in [0.2, 0.25) is 15.9 Å². The van der Waals surface area contributed by atoms with Crippen molar-refractivity contribution in [1.82, 2.24) is 9.62 Å². The van der Waals surface area contributed by atoms with Gasteiger partial charge in [0.05, 0.1) is 4.90 Å². The summed E-state index contributed by atoms with van der Waals surface area (Å²) in [6, 6.07) is 13.3. The van der Waals surface area contributed by atoms with E-state index in [0.717, 1.165) is 0 Å². The third kappa shape index (κ3) is 6.79. The van der Waals surface area contributed by atoms with Gasteiger partial charge in [-0.05, 0) is 48.4 Å². The van der Waals surface area contributed by atoms with Crippen molar-refractivity contribution < 1.29 is 22.7 Å². The molecule has 0 bridgehead atoms. The normalized spacial score (nSPS) is 12.1. The molecule has 2 aromatic carbocycles. The van der Waals surface area contributed by atoms with E-state index >= 15 is 0 Å². The molecule has 0 saturated heterocycles. The highest BCUT2D eigenvalue weighted by Gasteiger charge is 2.26. The Morgan fingerprint density at radius 3 is 2.29 bits per heavy atom. The lowest BCUT2D eigenvalue weighted by atomic mass is 10.0. The average Bonchev–Trinajstić information content (AvgIpc) is 2.82. The van der Waals surface area contributed by atoms with Crippen molar-refractivity contribution in [3.63, 3.8) is 0 Å². The first-order valence-corrected chi connectivity index (χ1v) is 12.4. The summed E-state index contributed by atoms with van der Waals surface area (Å²) >= 11 is 0. The van der Waals surface area contributed by atoms with Crippen molar-refractivity contribution in [2.45, 2.75) is 38.6 Å². The van der Waals surface area contributed by atoms with Gasteiger partial charge in [0.1, 0.15) is 17.9 Å². The third-order valence-electron chi connectivity index (χ3n) is 5.10. The van der Waals surface area contributed by atoms with E-state index in [1.54, 1.807) is 52.0 Å². The molecule has 0 saturated carbocycles. The highest BCUT2D eigenvalue weighted by atomic mass is 32.2. The fourth-order valence-corrected chi connectivity index (χ4v) is 4.74. The number of nitriles is 1. The second-order valence-corrected chi connectivity index (χ2v) is 9.71. The molecule has 0 aromatic heterocycles. The number of nitrogens with zero attached hydrogens (tertiary/aromatic N) is 2. The summed E-state index contributed by atoms with van der Waals surface area (Å²) in [6.07, 6.45) is 0. The van der Waals surface area contributed by atoms with E-state index in [-0.39, 0.29) is 23.0 Å². The Morgan fingerprint density at radius 1 is 1.09 bits per heavy atom. The van der Waals surface area contributed by atoms with Crippen molar-refractivity contribution >= 4 is 27.5 Å². The molecule has 2 aromatic rings. The Hall–Kier alpha value is -3.42. The van der Waals surface area contributed by atoms with Crippen LogP contribution in [0.15, 0.2) is 53.4 Å². The van der Waals surface area contributed by atoms with E-state index in [4.69, 9.17) is 10.00 Å². The van der Waals surface area contributed by atoms with Crippen LogP contribution in [0.4, 0.5) is 5.69 Å². The summed E-state index contributed by atoms with van der Waals surface area (Å²) in [5.74, 6) is -0.704. The topological polar surface area (TPSA) is 129 Å². The van der Waals surface area contributed by atoms with Gasteiger partial charge in [-0.15, -0.1) is 0 Å². The predicted molar refractivity (Wildman–Crippen MR) is 129 cm³/mol. The SMILES string of the molecule is CCN(CC)S(=O)(=O)c1cccc(C(=O)NC(C(=O)Nc2ccc(OCC#N)cc2)C(C)C)c1. The molecule has 0 radical (unpaired) electrons. The largest absolute Gasteiger partial charge is 0.479 e. The van der Waals surface area contributed by atoms with Crippen LogP contribution >= 0.6 is 0 Å². The number of amides is 2. The zero-order valence-corrected chi connectivity index (χ0v) is 20.6. The van der Waals surface area contributed by atoms with Gasteiger partial charge in [0.15, 0.2) is 6.61 Å². The lowest BCUT2D eigenvalue weighted by molar-refractivity contribution is -0.118. The zero-order valence-electron chi connectivity index (χ0n) is 19.7. The molecule has 34 heavy (non-hydrogen) atoms. The van der Waals surface area contributed by atoms with Crippen LogP contribution in [-0.2, 0) is 14.8 Å². The molecule has 0 fully saturated rings. The second kappa shape index (κ2) is 12.2. The first kappa shape index (κ1) is 26.8. The molecule has 2 N–H and O–H groups in total. The number of benzene rings is 2. The first-order chi connectivity index (χ1) is 16.1. The van der Waals surface area contributed by atoms with Crippen molar-refractivity contribution in [2.75, 3.05) is 25.0 Å². The molecule has 2 rings (SSSR count). The van der Waals surface area contributed by atoms with Crippen LogP contribution in [0.3, 0.4) is 0 Å². The lowest BCUT2D eigenvalue weighted by Crippen LogP contribution is -2.47. The number of sulfonamides is 1. The average molecular weight is 487 g/mol. The van der Waals surface area contributed by atoms with Gasteiger partial charge in [0, 0.05) is 24.3 Å². The van der Waals surface area contributed by atoms with Crippen LogP contribution < -0.4 is 15.4 Å². The van der Waals surface area contributed by atoms with Crippen molar-refractivity contribution in [3.05, 3.63) is 54.1 Å². The molecule has 182 valence electrons. The van der Waals surface area contributed by atoms with Crippen LogP contribution in [0, 0.1) is 17.2 Å². The molecule has 9 nitrogen and oxygen atoms in total. The summed E-state index contributed by atoms with van der Waals surface area (Å²) in [4.78, 5) is 25.8. The lowest BCUT2D eigenvalue weighted by Gasteiger charge is -2.22. The Labute approximate surface area is 200 Å². The van der Waals surface area contributed by atoms with E-state index in [9.17, 15) is 18.0 Å². The monoisotopic (exact) mass is 486 g/mol. The number of carbonyl (C=O) groups is 2. The first-order valence-electron chi connectivity index (χ1n) is 11.0. The van der Waals surface area contributed by atoms with E-state index in [2.05, 4.69) is 10.6 Å². The maximum Gasteiger partial charge on any atom is 0.251 e. The van der Waals surface area contributed by atoms with E-state index in [1.165, 1.54) is 28.6 Å². The molecule has 0 aliphatic carbocycles. The molecule has 0 aliphatic rings. The molecule has 0 spiro atoms. The van der Waals surface area contributed by atoms with Crippen molar-refractivity contribution in [2.24, 2.45) is 5.92 Å². The molecule has 0 aliphatic heterocycles. The molecule has 2 amide bonds. The molecule has 1 atom stereocenters. The summed E-state index contributed by atoms with van der Waals surface area (Å²) < 4.78 is 32.1. The maximum absolute atomic E-state index is 12.9. The zero-order chi connectivity index (χ0) is 25.3. The molecule has 1 unspecified atom stereocenters. The molecule has 10 heteroatoms. The van der Waals surface area contributed by atoms with Crippen LogP contribution in [0.25, 0.3) is 0 Å². The summed E-state index contributed by atoms with van der Waals surface area (Å²) in [6.45, 7) is 7.64. The van der Waals surface area contributed by atoms with E-state index < -0.39 is 27.9 Å². The predicted octanol–water partition coefficient (Wildman–Crippen LogP) is 3.01. The van der Waals surface area contributed by atoms with Gasteiger partial charge in [-0.25, -0.2) is 8.42 Å². The van der Waals surface area contributed by atoms with Gasteiger partial charge >= 0.3 is 0 Å². The minimum absolute atomic E-state index is 0.0214. The van der Waals surface area contributed by atoms with E-state index in [1.807, 2.05) is 6.07 Å². The van der Waals surface area contributed by atoms with Crippen LogP contribution in [0.1, 0.15) is 38.1 Å². The number of nitrogens with one attached hydrogen (secondary N) is 2.